The Kier molecular flexibility index (Phi) is 3.31. The normalized spacial score (nSPS) is 12.5. The summed E-state index contributed by atoms with van der Waals surface area (Å²) in [5, 5.41) is 0. The average Bonchev–Trinajstić information content (AvgIpc) is 2.11. The van der Waals surface area contributed by atoms with Gasteiger partial charge in [-0.3, -0.25) is 0 Å². The molecule has 0 spiro atoms. The number of aryl methyl sites for hydroxylation is 2. The lowest BCUT2D eigenvalue weighted by molar-refractivity contribution is 0.735. The van der Waals surface area contributed by atoms with Crippen molar-refractivity contribution in [1.29, 1.82) is 0 Å². The smallest absolute Gasteiger partial charge is 0.0346 e. The van der Waals surface area contributed by atoms with Crippen molar-refractivity contribution in [3.8, 4) is 0 Å². The van der Waals surface area contributed by atoms with E-state index >= 15 is 0 Å². The van der Waals surface area contributed by atoms with Gasteiger partial charge in [0, 0.05) is 11.7 Å². The molecule has 2 nitrogen and oxygen atoms in total. The van der Waals surface area contributed by atoms with Crippen LogP contribution in [0.5, 0.6) is 0 Å². The molecule has 1 rings (SSSR count). The van der Waals surface area contributed by atoms with E-state index in [0.29, 0.717) is 0 Å². The number of nitrogens with two attached hydrogens (primary N) is 2. The Morgan fingerprint density at radius 3 is 2.57 bits per heavy atom. The Morgan fingerprint density at radius 2 is 2.00 bits per heavy atom. The Morgan fingerprint density at radius 1 is 1.36 bits per heavy atom. The first kappa shape index (κ1) is 10.8. The molecule has 4 N–H and O–H groups in total. The number of hydrogen-bond donors (Lipinski definition) is 2. The Hall–Kier alpha value is -1.28. The van der Waals surface area contributed by atoms with Gasteiger partial charge in [0.15, 0.2) is 0 Å². The van der Waals surface area contributed by atoms with Gasteiger partial charge >= 0.3 is 0 Å². The van der Waals surface area contributed by atoms with E-state index < -0.39 is 0 Å². The number of hydrogen-bond acceptors (Lipinski definition) is 2. The molecular formula is C12H18N2. The summed E-state index contributed by atoms with van der Waals surface area (Å²) in [5.74, 6) is 0. The number of rotatable bonds is 3. The van der Waals surface area contributed by atoms with Crippen molar-refractivity contribution in [3.63, 3.8) is 0 Å². The maximum absolute atomic E-state index is 6.01. The third-order valence-corrected chi connectivity index (χ3v) is 2.47. The minimum atomic E-state index is 0.0341. The van der Waals surface area contributed by atoms with Crippen LogP contribution in [0, 0.1) is 13.8 Å². The van der Waals surface area contributed by atoms with Crippen molar-refractivity contribution in [1.82, 2.24) is 0 Å². The van der Waals surface area contributed by atoms with Crippen LogP contribution in [0.4, 0.5) is 5.69 Å². The van der Waals surface area contributed by atoms with Gasteiger partial charge in [-0.2, -0.15) is 0 Å². The van der Waals surface area contributed by atoms with Crippen molar-refractivity contribution < 1.29 is 0 Å². The Bertz CT molecular complexity index is 342. The highest BCUT2D eigenvalue weighted by Gasteiger charge is 2.08. The lowest BCUT2D eigenvalue weighted by Gasteiger charge is -2.15. The standard InChI is InChI=1S/C12H18N2/c1-4-5-11(13)10-6-9(3)12(14)7-8(10)2/h4,6-7,11H,1,5,13-14H2,2-3H3/t11-/m1/s1. The highest BCUT2D eigenvalue weighted by molar-refractivity contribution is 5.51. The van der Waals surface area contributed by atoms with Gasteiger partial charge in [0.25, 0.3) is 0 Å². The molecule has 0 radical (unpaired) electrons. The zero-order valence-electron chi connectivity index (χ0n) is 8.88. The minimum absolute atomic E-state index is 0.0341. The minimum Gasteiger partial charge on any atom is -0.399 e. The molecule has 2 heteroatoms. The summed E-state index contributed by atoms with van der Waals surface area (Å²) in [6.07, 6.45) is 2.64. The monoisotopic (exact) mass is 190 g/mol. The van der Waals surface area contributed by atoms with Crippen LogP contribution in [0.2, 0.25) is 0 Å². The van der Waals surface area contributed by atoms with Gasteiger partial charge in [-0.15, -0.1) is 6.58 Å². The van der Waals surface area contributed by atoms with Gasteiger partial charge in [-0.05, 0) is 43.0 Å². The van der Waals surface area contributed by atoms with Gasteiger partial charge in [-0.25, -0.2) is 0 Å². The molecule has 0 bridgehead atoms. The maximum Gasteiger partial charge on any atom is 0.0346 e. The van der Waals surface area contributed by atoms with Crippen molar-refractivity contribution >= 4 is 5.69 Å². The fraction of sp³-hybridized carbons (Fsp3) is 0.333. The second-order valence-corrected chi connectivity index (χ2v) is 3.70. The first-order valence-corrected chi connectivity index (χ1v) is 4.79. The number of benzene rings is 1. The van der Waals surface area contributed by atoms with E-state index in [2.05, 4.69) is 12.6 Å². The highest BCUT2D eigenvalue weighted by Crippen LogP contribution is 2.23. The van der Waals surface area contributed by atoms with E-state index in [4.69, 9.17) is 11.5 Å². The van der Waals surface area contributed by atoms with Crippen LogP contribution >= 0.6 is 0 Å². The van der Waals surface area contributed by atoms with E-state index in [9.17, 15) is 0 Å². The van der Waals surface area contributed by atoms with Crippen LogP contribution in [-0.4, -0.2) is 0 Å². The molecule has 0 amide bonds. The molecule has 0 saturated carbocycles. The van der Waals surface area contributed by atoms with Gasteiger partial charge in [0.2, 0.25) is 0 Å². The molecule has 14 heavy (non-hydrogen) atoms. The molecule has 0 saturated heterocycles. The molecule has 1 aromatic rings. The Labute approximate surface area is 85.6 Å². The second kappa shape index (κ2) is 4.29. The van der Waals surface area contributed by atoms with Crippen LogP contribution < -0.4 is 11.5 Å². The summed E-state index contributed by atoms with van der Waals surface area (Å²) in [5.41, 5.74) is 16.1. The SMILES string of the molecule is C=CC[C@@H](N)c1cc(C)c(N)cc1C. The number of anilines is 1. The van der Waals surface area contributed by atoms with E-state index in [-0.39, 0.29) is 6.04 Å². The van der Waals surface area contributed by atoms with Crippen molar-refractivity contribution in [3.05, 3.63) is 41.5 Å². The third-order valence-electron chi connectivity index (χ3n) is 2.47. The predicted molar refractivity (Wildman–Crippen MR) is 62.1 cm³/mol. The number of nitrogen functional groups attached to an aromatic ring is 1. The zero-order chi connectivity index (χ0) is 10.7. The van der Waals surface area contributed by atoms with Crippen LogP contribution in [0.25, 0.3) is 0 Å². The summed E-state index contributed by atoms with van der Waals surface area (Å²) in [7, 11) is 0. The predicted octanol–water partition coefficient (Wildman–Crippen LogP) is 2.46. The van der Waals surface area contributed by atoms with Crippen LogP contribution in [0.15, 0.2) is 24.8 Å². The molecule has 0 aliphatic carbocycles. The highest BCUT2D eigenvalue weighted by atomic mass is 14.6. The van der Waals surface area contributed by atoms with Crippen LogP contribution in [0.3, 0.4) is 0 Å². The van der Waals surface area contributed by atoms with Crippen molar-refractivity contribution in [2.75, 3.05) is 5.73 Å². The van der Waals surface area contributed by atoms with E-state index in [1.807, 2.05) is 26.0 Å². The first-order valence-electron chi connectivity index (χ1n) is 4.79. The van der Waals surface area contributed by atoms with Gasteiger partial charge in [0.1, 0.15) is 0 Å². The molecule has 0 fully saturated rings. The van der Waals surface area contributed by atoms with E-state index in [1.165, 1.54) is 0 Å². The fourth-order valence-corrected chi connectivity index (χ4v) is 1.57. The molecule has 0 aliphatic rings. The fourth-order valence-electron chi connectivity index (χ4n) is 1.57. The van der Waals surface area contributed by atoms with Gasteiger partial charge in [0.05, 0.1) is 0 Å². The average molecular weight is 190 g/mol. The topological polar surface area (TPSA) is 52.0 Å². The quantitative estimate of drug-likeness (QED) is 0.568. The molecule has 0 unspecified atom stereocenters. The molecule has 1 atom stereocenters. The van der Waals surface area contributed by atoms with E-state index in [0.717, 1.165) is 28.8 Å². The van der Waals surface area contributed by atoms with Gasteiger partial charge < -0.3 is 11.5 Å². The van der Waals surface area contributed by atoms with Crippen LogP contribution in [-0.2, 0) is 0 Å². The molecule has 1 aromatic carbocycles. The van der Waals surface area contributed by atoms with E-state index in [1.54, 1.807) is 0 Å². The first-order chi connectivity index (χ1) is 6.56. The molecular weight excluding hydrogens is 172 g/mol. The summed E-state index contributed by atoms with van der Waals surface area (Å²) in [6.45, 7) is 7.73. The zero-order valence-corrected chi connectivity index (χ0v) is 8.88. The summed E-state index contributed by atoms with van der Waals surface area (Å²) < 4.78 is 0. The molecule has 0 aromatic heterocycles. The Balaban J connectivity index is 3.08. The summed E-state index contributed by atoms with van der Waals surface area (Å²) in [6, 6.07) is 4.08. The van der Waals surface area contributed by atoms with Gasteiger partial charge in [-0.1, -0.05) is 12.1 Å². The molecule has 76 valence electrons. The molecule has 0 aliphatic heterocycles. The molecule has 0 heterocycles. The van der Waals surface area contributed by atoms with Crippen molar-refractivity contribution in [2.24, 2.45) is 5.73 Å². The van der Waals surface area contributed by atoms with Crippen molar-refractivity contribution in [2.45, 2.75) is 26.3 Å². The summed E-state index contributed by atoms with van der Waals surface area (Å²) >= 11 is 0. The van der Waals surface area contributed by atoms with Crippen LogP contribution in [0.1, 0.15) is 29.2 Å². The maximum atomic E-state index is 6.01. The largest absolute Gasteiger partial charge is 0.399 e. The second-order valence-electron chi connectivity index (χ2n) is 3.70. The summed E-state index contributed by atoms with van der Waals surface area (Å²) in [4.78, 5) is 0. The third kappa shape index (κ3) is 2.15. The lowest BCUT2D eigenvalue weighted by Crippen LogP contribution is -2.11. The lowest BCUT2D eigenvalue weighted by atomic mass is 9.96.